The second-order valence-corrected chi connectivity index (χ2v) is 1.10. The molecule has 0 saturated carbocycles. The molecule has 0 saturated heterocycles. The molecule has 2 nitrogen and oxygen atoms in total. The van der Waals surface area contributed by atoms with Gasteiger partial charge in [0.05, 0.1) is 0 Å². The third-order valence-electron chi connectivity index (χ3n) is 0.579. The quantitative estimate of drug-likeness (QED) is 0.340. The second kappa shape index (κ2) is 1.94. The Hall–Kier alpha value is -0.865. The molecule has 1 heterocycles. The van der Waals surface area contributed by atoms with Gasteiger partial charge in [-0.3, -0.25) is 0 Å². The zero-order valence-electron chi connectivity index (χ0n) is 3.73. The van der Waals surface area contributed by atoms with Crippen LogP contribution < -0.4 is 0 Å². The van der Waals surface area contributed by atoms with Gasteiger partial charge in [-0.2, -0.15) is 0 Å². The molecule has 0 aromatic rings. The van der Waals surface area contributed by atoms with Crippen LogP contribution >= 0.6 is 0 Å². The van der Waals surface area contributed by atoms with E-state index in [1.807, 2.05) is 0 Å². The van der Waals surface area contributed by atoms with E-state index in [9.17, 15) is 8.78 Å². The van der Waals surface area contributed by atoms with E-state index in [4.69, 9.17) is 0 Å². The number of hydrogen-bond acceptors (Lipinski definition) is 2. The van der Waals surface area contributed by atoms with Gasteiger partial charge >= 0.3 is 43.4 Å². The van der Waals surface area contributed by atoms with Crippen LogP contribution in [0.25, 0.3) is 0 Å². The predicted octanol–water partition coefficient (Wildman–Crippen LogP) is 0.478. The SMILES string of the molecule is FC1=C(F)OOB=C1. The average Bonchev–Trinajstić information content (AvgIpc) is 1.77. The molecule has 0 aromatic heterocycles. The van der Waals surface area contributed by atoms with E-state index in [0.29, 0.717) is 0 Å². The van der Waals surface area contributed by atoms with Crippen molar-refractivity contribution in [2.24, 2.45) is 0 Å². The third-order valence-corrected chi connectivity index (χ3v) is 0.579. The van der Waals surface area contributed by atoms with Crippen LogP contribution in [0.1, 0.15) is 0 Å². The standard InChI is InChI=1S/C3HBF2O2/c5-2-1-4-8-7-3(2)6/h1H. The summed E-state index contributed by atoms with van der Waals surface area (Å²) in [5.74, 6) is -0.241. The predicted molar refractivity (Wildman–Crippen MR) is 23.2 cm³/mol. The summed E-state index contributed by atoms with van der Waals surface area (Å²) in [6.07, 6.45) is 0. The number of allylic oxidation sites excluding steroid dienone is 1. The molecular formula is C3HBF2O2. The first-order valence-corrected chi connectivity index (χ1v) is 1.86. The van der Waals surface area contributed by atoms with Crippen LogP contribution in [-0.2, 0) is 9.69 Å². The molecule has 0 bridgehead atoms. The van der Waals surface area contributed by atoms with Gasteiger partial charge in [-0.1, -0.05) is 0 Å². The van der Waals surface area contributed by atoms with Crippen LogP contribution in [0.3, 0.4) is 0 Å². The summed E-state index contributed by atoms with van der Waals surface area (Å²) in [4.78, 5) is 7.54. The van der Waals surface area contributed by atoms with E-state index in [1.165, 1.54) is 0 Å². The van der Waals surface area contributed by atoms with Crippen LogP contribution in [0.15, 0.2) is 11.8 Å². The van der Waals surface area contributed by atoms with Crippen molar-refractivity contribution in [3.05, 3.63) is 11.8 Å². The molecule has 0 N–H and O–H groups in total. The Morgan fingerprint density at radius 1 is 1.50 bits per heavy atom. The first-order chi connectivity index (χ1) is 3.80. The van der Waals surface area contributed by atoms with Crippen molar-refractivity contribution < 1.29 is 18.5 Å². The van der Waals surface area contributed by atoms with E-state index in [0.717, 1.165) is 13.1 Å². The van der Waals surface area contributed by atoms with E-state index in [-0.39, 0.29) is 0 Å². The monoisotopic (exact) mass is 118 g/mol. The fraction of sp³-hybridized carbons (Fsp3) is 0. The van der Waals surface area contributed by atoms with Crippen LogP contribution in [0.5, 0.6) is 0 Å². The maximum absolute atomic E-state index is 11.8. The van der Waals surface area contributed by atoms with Gasteiger partial charge in [-0.05, 0) is 0 Å². The molecule has 0 aliphatic carbocycles. The van der Waals surface area contributed by atoms with Crippen LogP contribution in [0, 0.1) is 0 Å². The van der Waals surface area contributed by atoms with Gasteiger partial charge in [0.15, 0.2) is 0 Å². The average molecular weight is 118 g/mol. The fourth-order valence-electron chi connectivity index (χ4n) is 0.263. The van der Waals surface area contributed by atoms with Crippen molar-refractivity contribution in [1.82, 2.24) is 0 Å². The number of rotatable bonds is 0. The van der Waals surface area contributed by atoms with Crippen molar-refractivity contribution in [3.8, 4) is 0 Å². The van der Waals surface area contributed by atoms with Crippen molar-refractivity contribution in [2.45, 2.75) is 0 Å². The molecule has 0 fully saturated rings. The summed E-state index contributed by atoms with van der Waals surface area (Å²) in [5, 5.41) is 0. The van der Waals surface area contributed by atoms with Gasteiger partial charge in [-0.25, -0.2) is 0 Å². The van der Waals surface area contributed by atoms with Crippen LogP contribution in [0.2, 0.25) is 0 Å². The summed E-state index contributed by atoms with van der Waals surface area (Å²) < 4.78 is 23.5. The Bertz CT molecular complexity index is 153. The zero-order chi connectivity index (χ0) is 5.98. The van der Waals surface area contributed by atoms with Crippen LogP contribution in [-0.4, -0.2) is 13.1 Å². The van der Waals surface area contributed by atoms with Crippen molar-refractivity contribution in [3.63, 3.8) is 0 Å². The Morgan fingerprint density at radius 3 is 2.62 bits per heavy atom. The summed E-state index contributed by atoms with van der Waals surface area (Å²) in [6, 6.07) is -1.34. The normalized spacial score (nSPS) is 16.8. The first kappa shape index (κ1) is 5.28. The van der Waals surface area contributed by atoms with Gasteiger partial charge in [0.1, 0.15) is 0 Å². The second-order valence-electron chi connectivity index (χ2n) is 1.10. The third kappa shape index (κ3) is 0.855. The summed E-state index contributed by atoms with van der Waals surface area (Å²) >= 11 is 0. The molecule has 0 radical (unpaired) electrons. The molecule has 0 atom stereocenters. The van der Waals surface area contributed by atoms with Crippen molar-refractivity contribution >= 4 is 13.1 Å². The first-order valence-electron chi connectivity index (χ1n) is 1.86. The van der Waals surface area contributed by atoms with E-state index < -0.39 is 11.8 Å². The topological polar surface area (TPSA) is 18.5 Å². The van der Waals surface area contributed by atoms with Gasteiger partial charge in [0.2, 0.25) is 0 Å². The molecule has 0 amide bonds. The molecule has 1 rings (SSSR count). The summed E-state index contributed by atoms with van der Waals surface area (Å²) in [7, 11) is 0.901. The molecule has 8 heavy (non-hydrogen) atoms. The van der Waals surface area contributed by atoms with Crippen molar-refractivity contribution in [1.29, 1.82) is 0 Å². The molecule has 42 valence electrons. The molecule has 0 aromatic carbocycles. The molecule has 5 heteroatoms. The van der Waals surface area contributed by atoms with E-state index >= 15 is 0 Å². The van der Waals surface area contributed by atoms with Crippen LogP contribution in [0.4, 0.5) is 8.78 Å². The van der Waals surface area contributed by atoms with Gasteiger partial charge in [0.25, 0.3) is 0 Å². The minimum absolute atomic E-state index is 0.818. The fourth-order valence-corrected chi connectivity index (χ4v) is 0.263. The number of hydrogen-bond donors (Lipinski definition) is 0. The molecule has 1 aliphatic heterocycles. The minimum atomic E-state index is -1.34. The number of halogens is 2. The van der Waals surface area contributed by atoms with E-state index in [1.54, 1.807) is 0 Å². The van der Waals surface area contributed by atoms with Gasteiger partial charge in [0, 0.05) is 0 Å². The Morgan fingerprint density at radius 2 is 2.25 bits per heavy atom. The molecular weight excluding hydrogens is 117 g/mol. The molecule has 1 aliphatic rings. The Labute approximate surface area is 44.6 Å². The van der Waals surface area contributed by atoms with Gasteiger partial charge < -0.3 is 0 Å². The van der Waals surface area contributed by atoms with Gasteiger partial charge in [-0.15, -0.1) is 0 Å². The summed E-state index contributed by atoms with van der Waals surface area (Å²) in [5.41, 5.74) is 0. The Kier molecular flexibility index (Phi) is 1.28. The van der Waals surface area contributed by atoms with Crippen molar-refractivity contribution in [2.75, 3.05) is 0 Å². The zero-order valence-corrected chi connectivity index (χ0v) is 3.73. The molecule has 0 unspecified atom stereocenters. The molecule has 0 spiro atoms. The van der Waals surface area contributed by atoms with E-state index in [2.05, 4.69) is 9.69 Å². The maximum atomic E-state index is 11.8. The Balaban J connectivity index is 2.76. The summed E-state index contributed by atoms with van der Waals surface area (Å²) in [6.45, 7) is 0.